The zero-order valence-corrected chi connectivity index (χ0v) is 65.6. The quantitative estimate of drug-likeness (QED) is 0.0113. The number of nitrogens with one attached hydrogen (secondary N) is 13. The van der Waals surface area contributed by atoms with Crippen molar-refractivity contribution in [1.29, 1.82) is 0 Å². The first-order valence-electron chi connectivity index (χ1n) is 37.5. The molecule has 0 aliphatic carbocycles. The van der Waals surface area contributed by atoms with Crippen LogP contribution in [0.4, 0.5) is 11.4 Å². The van der Waals surface area contributed by atoms with Crippen molar-refractivity contribution in [2.24, 2.45) is 11.7 Å². The van der Waals surface area contributed by atoms with Crippen LogP contribution in [0.1, 0.15) is 127 Å². The van der Waals surface area contributed by atoms with E-state index in [1.54, 1.807) is 62.4 Å². The van der Waals surface area contributed by atoms with Crippen LogP contribution in [0.25, 0.3) is 10.8 Å². The second kappa shape index (κ2) is 42.8. The number of halogens is 1. The molecule has 13 amide bonds. The van der Waals surface area contributed by atoms with E-state index in [-0.39, 0.29) is 73.5 Å². The maximum absolute atomic E-state index is 15.4. The summed E-state index contributed by atoms with van der Waals surface area (Å²) in [5.74, 6) is -12.0. The van der Waals surface area contributed by atoms with Gasteiger partial charge in [-0.3, -0.25) is 77.4 Å². The molecule has 604 valence electrons. The number of Topliss-reactive ketones (excluding diaryl/α,β-unsaturated/α-hetero) is 1. The summed E-state index contributed by atoms with van der Waals surface area (Å²) in [5.41, 5.74) is 5.01. The van der Waals surface area contributed by atoms with Gasteiger partial charge in [-0.25, -0.2) is 0 Å². The van der Waals surface area contributed by atoms with E-state index < -0.39 is 150 Å². The van der Waals surface area contributed by atoms with E-state index in [9.17, 15) is 48.3 Å². The van der Waals surface area contributed by atoms with Gasteiger partial charge in [-0.05, 0) is 153 Å². The minimum atomic E-state index is -2.79. The molecule has 0 radical (unpaired) electrons. The Kier molecular flexibility index (Phi) is 33.5. The number of likely N-dealkylation sites (tertiary alicyclic amines) is 1. The molecule has 0 saturated carbocycles. The van der Waals surface area contributed by atoms with Crippen molar-refractivity contribution < 1.29 is 72.2 Å². The lowest BCUT2D eigenvalue weighted by molar-refractivity contribution is -0.142. The molecule has 10 atom stereocenters. The summed E-state index contributed by atoms with van der Waals surface area (Å²) in [6, 6.07) is 20.9. The Balaban J connectivity index is 1.21. The number of pyridine rings is 1. The standard InChI is InChI=1S/C81H103ClN16O15/c1-46(2)38-63(72(105)91-62(19-12-13-36-86-47(3)4)79(112)98-37-15-20-69(98)78(111)87-48(5)71(83)104)92-73(106)64(40-52-22-31-60(32-23-52)88-49(6)100)93-74(107)65(41-53-24-33-61(34-25-53)89-50(7)101)94-76(109)68(45-99)95-75(108)66(43-55-16-14-35-85-44-55)96-80(113)81(84-9,70(103)57-27-29-59(82)30-28-57)97-77(110)67(90-51(8)102)42-54-21-26-56-17-10-11-18-58(56)39-54/h10-11,14,16-18,21-35,39,44,46-48,62-69,84,86,99H,12-13,15,19-20,36-38,40-43,45H2,1-9H3,(H2,83,104)(H,87,111)(H,88,100)(H,89,101)(H,90,102)(H,91,105)(H,92,106)(H,93,107)(H,94,109)(H,95,108)(H,96,113)(H,97,110)/t48-,62+,63+,64-,65+,66-,67-,68+,69+,81+/m1/s1. The molecule has 1 aromatic heterocycles. The first-order chi connectivity index (χ1) is 53.8. The van der Waals surface area contributed by atoms with Gasteiger partial charge in [-0.1, -0.05) is 112 Å². The van der Waals surface area contributed by atoms with Crippen LogP contribution in [-0.2, 0) is 88.0 Å². The van der Waals surface area contributed by atoms with Gasteiger partial charge in [0.25, 0.3) is 5.91 Å². The van der Waals surface area contributed by atoms with Gasteiger partial charge in [-0.15, -0.1) is 0 Å². The molecule has 0 bridgehead atoms. The highest BCUT2D eigenvalue weighted by Gasteiger charge is 2.49. The van der Waals surface area contributed by atoms with Crippen LogP contribution in [0.15, 0.2) is 140 Å². The van der Waals surface area contributed by atoms with Crippen LogP contribution < -0.4 is 74.9 Å². The number of fused-ring (bicyclic) bond motifs is 1. The van der Waals surface area contributed by atoms with Crippen LogP contribution in [0.2, 0.25) is 5.02 Å². The lowest BCUT2D eigenvalue weighted by Crippen LogP contribution is -2.74. The number of hydrogen-bond acceptors (Lipinski definition) is 18. The number of amides is 13. The summed E-state index contributed by atoms with van der Waals surface area (Å²) in [6.07, 6.45) is 3.50. The van der Waals surface area contributed by atoms with E-state index in [4.69, 9.17) is 17.3 Å². The van der Waals surface area contributed by atoms with Crippen molar-refractivity contribution in [1.82, 2.24) is 68.4 Å². The molecule has 1 aliphatic heterocycles. The molecule has 0 spiro atoms. The van der Waals surface area contributed by atoms with Gasteiger partial charge in [0.05, 0.1) is 6.61 Å². The fraction of sp³-hybridized carbons (Fsp3) is 0.420. The number of unbranched alkanes of at least 4 members (excludes halogenated alkanes) is 1. The molecule has 1 fully saturated rings. The first kappa shape index (κ1) is 88.7. The van der Waals surface area contributed by atoms with Gasteiger partial charge in [-0.2, -0.15) is 0 Å². The predicted molar refractivity (Wildman–Crippen MR) is 424 cm³/mol. The van der Waals surface area contributed by atoms with E-state index in [0.29, 0.717) is 59.4 Å². The van der Waals surface area contributed by atoms with Gasteiger partial charge >= 0.3 is 0 Å². The first-order valence-corrected chi connectivity index (χ1v) is 37.9. The number of hydrogen-bond donors (Lipinski definition) is 15. The number of carbonyl (C=O) groups excluding carboxylic acids is 14. The van der Waals surface area contributed by atoms with Crippen molar-refractivity contribution in [3.05, 3.63) is 173 Å². The largest absolute Gasteiger partial charge is 0.394 e. The van der Waals surface area contributed by atoms with Crippen molar-refractivity contribution in [3.63, 3.8) is 0 Å². The summed E-state index contributed by atoms with van der Waals surface area (Å²) >= 11 is 6.25. The number of aliphatic hydroxyl groups excluding tert-OH is 1. The number of nitrogens with two attached hydrogens (primary N) is 1. The van der Waals surface area contributed by atoms with Crippen LogP contribution in [0.5, 0.6) is 0 Å². The van der Waals surface area contributed by atoms with Gasteiger partial charge in [0.1, 0.15) is 54.4 Å². The highest BCUT2D eigenvalue weighted by Crippen LogP contribution is 2.24. The predicted octanol–water partition coefficient (Wildman–Crippen LogP) is 2.59. The summed E-state index contributed by atoms with van der Waals surface area (Å²) in [4.78, 5) is 204. The molecule has 1 saturated heterocycles. The number of ketones is 1. The highest BCUT2D eigenvalue weighted by molar-refractivity contribution is 6.31. The second-order valence-electron chi connectivity index (χ2n) is 28.8. The normalized spacial score (nSPS) is 15.2. The molecular weight excluding hydrogens is 1470 g/mol. The Morgan fingerprint density at radius 1 is 0.549 bits per heavy atom. The number of aromatic nitrogens is 1. The number of rotatable bonds is 41. The zero-order valence-electron chi connectivity index (χ0n) is 64.8. The summed E-state index contributed by atoms with van der Waals surface area (Å²) < 4.78 is 0. The number of aliphatic hydroxyl groups is 1. The monoisotopic (exact) mass is 1570 g/mol. The smallest absolute Gasteiger partial charge is 0.269 e. The maximum atomic E-state index is 15.4. The van der Waals surface area contributed by atoms with Gasteiger partial charge in [0, 0.05) is 93.4 Å². The summed E-state index contributed by atoms with van der Waals surface area (Å²) in [5, 5.41) is 48.2. The zero-order chi connectivity index (χ0) is 82.6. The van der Waals surface area contributed by atoms with Crippen LogP contribution >= 0.6 is 11.6 Å². The Bertz CT molecular complexity index is 4360. The van der Waals surface area contributed by atoms with E-state index in [1.165, 1.54) is 94.5 Å². The third-order valence-corrected chi connectivity index (χ3v) is 19.0. The second-order valence-corrected chi connectivity index (χ2v) is 29.2. The van der Waals surface area contributed by atoms with Crippen molar-refractivity contribution >= 4 is 116 Å². The van der Waals surface area contributed by atoms with Crippen molar-refractivity contribution in [2.45, 2.75) is 186 Å². The lowest BCUT2D eigenvalue weighted by atomic mass is 9.94. The van der Waals surface area contributed by atoms with Crippen LogP contribution in [-0.4, -0.2) is 190 Å². The third-order valence-electron chi connectivity index (χ3n) is 18.8. The Morgan fingerprint density at radius 3 is 1.59 bits per heavy atom. The molecule has 7 rings (SSSR count). The topological polar surface area (TPSA) is 458 Å². The van der Waals surface area contributed by atoms with Crippen LogP contribution in [0.3, 0.4) is 0 Å². The number of nitrogens with zero attached hydrogens (tertiary/aromatic N) is 2. The molecular formula is C81H103ClN16O15. The van der Waals surface area contributed by atoms with E-state index in [2.05, 4.69) is 74.1 Å². The number of benzene rings is 5. The molecule has 113 heavy (non-hydrogen) atoms. The molecule has 1 aliphatic rings. The minimum absolute atomic E-state index is 0.00103. The number of primary amides is 1. The molecule has 6 aromatic rings. The van der Waals surface area contributed by atoms with Crippen LogP contribution in [0, 0.1) is 5.92 Å². The summed E-state index contributed by atoms with van der Waals surface area (Å²) in [7, 11) is 1.20. The average molecular weight is 1580 g/mol. The highest BCUT2D eigenvalue weighted by atomic mass is 35.5. The maximum Gasteiger partial charge on any atom is 0.269 e. The molecule has 16 N–H and O–H groups in total. The molecule has 5 aromatic carbocycles. The SMILES string of the molecule is CN[C@@](NC(=O)[C@@H](Cc1ccc2ccccc2c1)NC(C)=O)(C(=O)N[C@H](Cc1cccnc1)C(=O)N[C@@H](CO)C(=O)N[C@@H](Cc1ccc(NC(C)=O)cc1)C(=O)N[C@H](Cc1ccc(NC(C)=O)cc1)C(=O)N[C@@H](CC(C)C)C(=O)N[C@@H](CCCCNC(C)C)C(=O)N1CCC[C@H]1C(=O)N[C@H](C)C(N)=O)C(=O)c1ccc(Cl)cc1. The molecule has 0 unspecified atom stereocenters. The molecule has 2 heterocycles. The third kappa shape index (κ3) is 26.8. The number of anilines is 2. The van der Waals surface area contributed by atoms with Gasteiger partial charge < -0.3 is 79.5 Å². The number of carbonyl (C=O) groups is 14. The van der Waals surface area contributed by atoms with Crippen molar-refractivity contribution in [3.8, 4) is 0 Å². The molecule has 31 nitrogen and oxygen atoms in total. The Morgan fingerprint density at radius 2 is 1.06 bits per heavy atom. The molecule has 32 heteroatoms. The van der Waals surface area contributed by atoms with Gasteiger partial charge in [0.15, 0.2) is 0 Å². The number of likely N-dealkylation sites (N-methyl/N-ethyl adjacent to an activating group) is 1. The fourth-order valence-corrected chi connectivity index (χ4v) is 13.0. The lowest BCUT2D eigenvalue weighted by Gasteiger charge is -2.34. The van der Waals surface area contributed by atoms with E-state index in [0.717, 1.165) is 10.8 Å². The summed E-state index contributed by atoms with van der Waals surface area (Å²) in [6.45, 7) is 12.4. The minimum Gasteiger partial charge on any atom is -0.394 e. The van der Waals surface area contributed by atoms with E-state index >= 15 is 24.0 Å². The van der Waals surface area contributed by atoms with Gasteiger partial charge in [0.2, 0.25) is 82.3 Å². The van der Waals surface area contributed by atoms with E-state index in [1.807, 2.05) is 50.2 Å². The Labute approximate surface area is 661 Å². The average Bonchev–Trinajstić information content (AvgIpc) is 1.17. The van der Waals surface area contributed by atoms with Crippen molar-refractivity contribution in [2.75, 3.05) is 37.4 Å². The fourth-order valence-electron chi connectivity index (χ4n) is 12.9. The Hall–Kier alpha value is -11.5.